The molecule has 0 unspecified atom stereocenters. The van der Waals surface area contributed by atoms with Crippen LogP contribution in [-0.4, -0.2) is 30.0 Å². The summed E-state index contributed by atoms with van der Waals surface area (Å²) in [5.74, 6) is 2.58. The summed E-state index contributed by atoms with van der Waals surface area (Å²) >= 11 is 1.98. The SMILES string of the molecule is CC(C)(CCN)CCC(=O)NC1CCSCC1. The van der Waals surface area contributed by atoms with Gasteiger partial charge in [0.25, 0.3) is 0 Å². The van der Waals surface area contributed by atoms with Crippen molar-refractivity contribution in [3.05, 3.63) is 0 Å². The van der Waals surface area contributed by atoms with Gasteiger partial charge in [-0.15, -0.1) is 0 Å². The molecule has 1 rings (SSSR count). The second-order valence-corrected chi connectivity index (χ2v) is 6.88. The van der Waals surface area contributed by atoms with E-state index < -0.39 is 0 Å². The molecule has 0 atom stereocenters. The van der Waals surface area contributed by atoms with Gasteiger partial charge in [0.2, 0.25) is 5.91 Å². The number of nitrogens with two attached hydrogens (primary N) is 1. The van der Waals surface area contributed by atoms with Crippen LogP contribution in [0.2, 0.25) is 0 Å². The normalized spacial score (nSPS) is 18.1. The van der Waals surface area contributed by atoms with E-state index in [4.69, 9.17) is 5.73 Å². The molecule has 0 bridgehead atoms. The fourth-order valence-electron chi connectivity index (χ4n) is 2.11. The molecule has 0 aromatic heterocycles. The standard InChI is InChI=1S/C13H26N2OS/c1-13(2,7-8-14)6-3-12(16)15-11-4-9-17-10-5-11/h11H,3-10,14H2,1-2H3,(H,15,16). The summed E-state index contributed by atoms with van der Waals surface area (Å²) in [5, 5.41) is 3.15. The Labute approximate surface area is 109 Å². The minimum atomic E-state index is 0.189. The third kappa shape index (κ3) is 6.32. The molecule has 100 valence electrons. The van der Waals surface area contributed by atoms with E-state index in [2.05, 4.69) is 19.2 Å². The first-order chi connectivity index (χ1) is 8.03. The van der Waals surface area contributed by atoms with Crippen LogP contribution in [0.4, 0.5) is 0 Å². The first kappa shape index (κ1) is 14.8. The van der Waals surface area contributed by atoms with Crippen LogP contribution < -0.4 is 11.1 Å². The van der Waals surface area contributed by atoms with Gasteiger partial charge in [0.1, 0.15) is 0 Å². The number of thioether (sulfide) groups is 1. The lowest BCUT2D eigenvalue weighted by atomic mass is 9.84. The molecule has 1 aliphatic rings. The van der Waals surface area contributed by atoms with Crippen molar-refractivity contribution in [1.82, 2.24) is 5.32 Å². The van der Waals surface area contributed by atoms with Crippen LogP contribution >= 0.6 is 11.8 Å². The molecule has 1 amide bonds. The third-order valence-electron chi connectivity index (χ3n) is 3.44. The van der Waals surface area contributed by atoms with E-state index in [1.54, 1.807) is 0 Å². The van der Waals surface area contributed by atoms with Crippen molar-refractivity contribution in [3.8, 4) is 0 Å². The maximum absolute atomic E-state index is 11.8. The largest absolute Gasteiger partial charge is 0.353 e. The molecule has 1 fully saturated rings. The van der Waals surface area contributed by atoms with Gasteiger partial charge in [0.15, 0.2) is 0 Å². The number of amides is 1. The Balaban J connectivity index is 2.20. The van der Waals surface area contributed by atoms with E-state index >= 15 is 0 Å². The average molecular weight is 258 g/mol. The molecule has 1 aliphatic heterocycles. The van der Waals surface area contributed by atoms with Crippen molar-refractivity contribution < 1.29 is 4.79 Å². The van der Waals surface area contributed by atoms with Crippen LogP contribution in [0.5, 0.6) is 0 Å². The number of rotatable bonds is 6. The van der Waals surface area contributed by atoms with Gasteiger partial charge in [0, 0.05) is 12.5 Å². The van der Waals surface area contributed by atoms with Crippen LogP contribution in [0.1, 0.15) is 46.0 Å². The Morgan fingerprint density at radius 2 is 2.00 bits per heavy atom. The lowest BCUT2D eigenvalue weighted by Gasteiger charge is -2.25. The summed E-state index contributed by atoms with van der Waals surface area (Å²) in [4.78, 5) is 11.8. The van der Waals surface area contributed by atoms with Crippen molar-refractivity contribution in [1.29, 1.82) is 0 Å². The zero-order valence-corrected chi connectivity index (χ0v) is 11.9. The van der Waals surface area contributed by atoms with Gasteiger partial charge < -0.3 is 11.1 Å². The first-order valence-electron chi connectivity index (χ1n) is 6.61. The molecule has 4 heteroatoms. The van der Waals surface area contributed by atoms with Crippen LogP contribution in [0.15, 0.2) is 0 Å². The zero-order valence-electron chi connectivity index (χ0n) is 11.1. The minimum absolute atomic E-state index is 0.189. The maximum atomic E-state index is 11.8. The van der Waals surface area contributed by atoms with Crippen molar-refractivity contribution in [2.45, 2.75) is 52.0 Å². The van der Waals surface area contributed by atoms with E-state index in [0.717, 1.165) is 25.7 Å². The highest BCUT2D eigenvalue weighted by atomic mass is 32.2. The van der Waals surface area contributed by atoms with E-state index in [-0.39, 0.29) is 11.3 Å². The molecule has 0 saturated carbocycles. The van der Waals surface area contributed by atoms with Gasteiger partial charge in [-0.3, -0.25) is 4.79 Å². The topological polar surface area (TPSA) is 55.1 Å². The molecule has 1 saturated heterocycles. The number of carbonyl (C=O) groups excluding carboxylic acids is 1. The predicted octanol–water partition coefficient (Wildman–Crippen LogP) is 2.15. The molecular formula is C13H26N2OS. The van der Waals surface area contributed by atoms with Crippen molar-refractivity contribution >= 4 is 17.7 Å². The highest BCUT2D eigenvalue weighted by Gasteiger charge is 2.20. The van der Waals surface area contributed by atoms with Gasteiger partial charge in [-0.25, -0.2) is 0 Å². The summed E-state index contributed by atoms with van der Waals surface area (Å²) in [6.45, 7) is 5.07. The average Bonchev–Trinajstić information content (AvgIpc) is 2.28. The second kappa shape index (κ2) is 7.27. The Kier molecular flexibility index (Phi) is 6.34. The molecule has 0 aromatic carbocycles. The second-order valence-electron chi connectivity index (χ2n) is 5.66. The van der Waals surface area contributed by atoms with Gasteiger partial charge in [-0.05, 0) is 49.1 Å². The van der Waals surface area contributed by atoms with Crippen molar-refractivity contribution in [3.63, 3.8) is 0 Å². The molecule has 0 aliphatic carbocycles. The molecule has 0 aromatic rings. The molecule has 1 heterocycles. The van der Waals surface area contributed by atoms with Crippen molar-refractivity contribution in [2.75, 3.05) is 18.1 Å². The predicted molar refractivity (Wildman–Crippen MR) is 75.2 cm³/mol. The van der Waals surface area contributed by atoms with Crippen LogP contribution in [0, 0.1) is 5.41 Å². The van der Waals surface area contributed by atoms with Crippen molar-refractivity contribution in [2.24, 2.45) is 11.1 Å². The molecule has 17 heavy (non-hydrogen) atoms. The first-order valence-corrected chi connectivity index (χ1v) is 7.76. The number of nitrogens with one attached hydrogen (secondary N) is 1. The molecular weight excluding hydrogens is 232 g/mol. The highest BCUT2D eigenvalue weighted by molar-refractivity contribution is 7.99. The summed E-state index contributed by atoms with van der Waals surface area (Å²) in [6.07, 6.45) is 4.81. The van der Waals surface area contributed by atoms with Crippen LogP contribution in [0.3, 0.4) is 0 Å². The molecule has 3 nitrogen and oxygen atoms in total. The maximum Gasteiger partial charge on any atom is 0.220 e. The molecule has 0 radical (unpaired) electrons. The van der Waals surface area contributed by atoms with E-state index in [1.165, 1.54) is 11.5 Å². The lowest BCUT2D eigenvalue weighted by molar-refractivity contribution is -0.122. The van der Waals surface area contributed by atoms with E-state index in [1.807, 2.05) is 11.8 Å². The fourth-order valence-corrected chi connectivity index (χ4v) is 3.22. The monoisotopic (exact) mass is 258 g/mol. The number of hydrogen-bond donors (Lipinski definition) is 2. The Morgan fingerprint density at radius 3 is 2.59 bits per heavy atom. The van der Waals surface area contributed by atoms with Gasteiger partial charge in [-0.2, -0.15) is 11.8 Å². The van der Waals surface area contributed by atoms with Gasteiger partial charge in [-0.1, -0.05) is 13.8 Å². The van der Waals surface area contributed by atoms with Gasteiger partial charge >= 0.3 is 0 Å². The highest BCUT2D eigenvalue weighted by Crippen LogP contribution is 2.26. The summed E-state index contributed by atoms with van der Waals surface area (Å²) in [7, 11) is 0. The number of hydrogen-bond acceptors (Lipinski definition) is 3. The minimum Gasteiger partial charge on any atom is -0.353 e. The van der Waals surface area contributed by atoms with Crippen LogP contribution in [-0.2, 0) is 4.79 Å². The zero-order chi connectivity index (χ0) is 12.7. The molecule has 3 N–H and O–H groups in total. The number of carbonyl (C=O) groups is 1. The Bertz CT molecular complexity index is 238. The van der Waals surface area contributed by atoms with E-state index in [0.29, 0.717) is 19.0 Å². The fraction of sp³-hybridized carbons (Fsp3) is 0.923. The smallest absolute Gasteiger partial charge is 0.220 e. The summed E-state index contributed by atoms with van der Waals surface area (Å²) < 4.78 is 0. The summed E-state index contributed by atoms with van der Waals surface area (Å²) in [6, 6.07) is 0.418. The summed E-state index contributed by atoms with van der Waals surface area (Å²) in [5.41, 5.74) is 5.76. The quantitative estimate of drug-likeness (QED) is 0.767. The molecule has 0 spiro atoms. The Morgan fingerprint density at radius 1 is 1.35 bits per heavy atom. The van der Waals surface area contributed by atoms with E-state index in [9.17, 15) is 4.79 Å². The van der Waals surface area contributed by atoms with Crippen LogP contribution in [0.25, 0.3) is 0 Å². The third-order valence-corrected chi connectivity index (χ3v) is 4.49. The Hall–Kier alpha value is -0.220. The van der Waals surface area contributed by atoms with Gasteiger partial charge in [0.05, 0.1) is 0 Å². The lowest BCUT2D eigenvalue weighted by Crippen LogP contribution is -2.37.